The van der Waals surface area contributed by atoms with Gasteiger partial charge in [-0.25, -0.2) is 4.98 Å². The van der Waals surface area contributed by atoms with Crippen LogP contribution in [0.15, 0.2) is 47.2 Å². The lowest BCUT2D eigenvalue weighted by Gasteiger charge is -2.34. The molecule has 2 aromatic heterocycles. The number of hydrogen-bond donors (Lipinski definition) is 0. The number of carbonyl (C=O) groups excluding carboxylic acids is 1. The second-order valence-corrected chi connectivity index (χ2v) is 9.20. The molecule has 7 heteroatoms. The average molecular weight is 495 g/mol. The van der Waals surface area contributed by atoms with Crippen molar-refractivity contribution in [2.45, 2.75) is 6.54 Å². The number of thiophene rings is 1. The minimum Gasteiger partial charge on any atom is -0.336 e. The normalized spacial score (nSPS) is 15.3. The van der Waals surface area contributed by atoms with Crippen molar-refractivity contribution in [2.24, 2.45) is 0 Å². The summed E-state index contributed by atoms with van der Waals surface area (Å²) >= 11 is 5.68. The standard InChI is InChI=1S/C19H18IN3OS2/c20-15-5-2-1-4-14(15)19(24)23-9-7-22(8-10-23)12-18-21-16(13-26-18)17-6-3-11-25-17/h1-6,11,13H,7-10,12H2. The fourth-order valence-electron chi connectivity index (χ4n) is 3.03. The van der Waals surface area contributed by atoms with E-state index in [1.54, 1.807) is 22.7 Å². The third-order valence-electron chi connectivity index (χ3n) is 4.45. The van der Waals surface area contributed by atoms with Gasteiger partial charge < -0.3 is 4.90 Å². The molecule has 0 atom stereocenters. The smallest absolute Gasteiger partial charge is 0.255 e. The summed E-state index contributed by atoms with van der Waals surface area (Å²) in [5, 5.41) is 5.36. The number of nitrogens with zero attached hydrogens (tertiary/aromatic N) is 3. The molecule has 4 nitrogen and oxygen atoms in total. The van der Waals surface area contributed by atoms with Gasteiger partial charge in [0.25, 0.3) is 5.91 Å². The molecule has 0 bridgehead atoms. The third kappa shape index (κ3) is 4.00. The lowest BCUT2D eigenvalue weighted by atomic mass is 10.2. The molecule has 0 aliphatic carbocycles. The molecule has 1 saturated heterocycles. The first-order valence-electron chi connectivity index (χ1n) is 8.45. The summed E-state index contributed by atoms with van der Waals surface area (Å²) < 4.78 is 1.02. The lowest BCUT2D eigenvalue weighted by Crippen LogP contribution is -2.48. The molecule has 26 heavy (non-hydrogen) atoms. The summed E-state index contributed by atoms with van der Waals surface area (Å²) in [5.41, 5.74) is 1.88. The number of benzene rings is 1. The zero-order chi connectivity index (χ0) is 17.9. The van der Waals surface area contributed by atoms with Crippen LogP contribution in [0.5, 0.6) is 0 Å². The molecule has 0 spiro atoms. The molecule has 0 radical (unpaired) electrons. The Morgan fingerprint density at radius 1 is 1.08 bits per heavy atom. The second kappa shape index (κ2) is 8.16. The lowest BCUT2D eigenvalue weighted by molar-refractivity contribution is 0.0627. The molecule has 4 rings (SSSR count). The van der Waals surface area contributed by atoms with Gasteiger partial charge in [0.05, 0.1) is 22.7 Å². The molecular formula is C19H18IN3OS2. The molecule has 1 aliphatic heterocycles. The van der Waals surface area contributed by atoms with Gasteiger partial charge in [-0.05, 0) is 46.2 Å². The summed E-state index contributed by atoms with van der Waals surface area (Å²) in [6.45, 7) is 4.19. The fourth-order valence-corrected chi connectivity index (χ4v) is 5.24. The van der Waals surface area contributed by atoms with E-state index in [4.69, 9.17) is 4.98 Å². The maximum atomic E-state index is 12.7. The Hall–Kier alpha value is -1.29. The molecule has 1 amide bonds. The molecule has 0 saturated carbocycles. The van der Waals surface area contributed by atoms with Gasteiger partial charge in [0.15, 0.2) is 0 Å². The average Bonchev–Trinajstić information content (AvgIpc) is 3.34. The van der Waals surface area contributed by atoms with E-state index in [9.17, 15) is 4.79 Å². The largest absolute Gasteiger partial charge is 0.336 e. The number of carbonyl (C=O) groups is 1. The maximum absolute atomic E-state index is 12.7. The van der Waals surface area contributed by atoms with E-state index in [0.717, 1.165) is 52.6 Å². The SMILES string of the molecule is O=C(c1ccccc1I)N1CCN(Cc2nc(-c3cccs3)cs2)CC1. The van der Waals surface area contributed by atoms with Gasteiger partial charge >= 0.3 is 0 Å². The fraction of sp³-hybridized carbons (Fsp3) is 0.263. The minimum absolute atomic E-state index is 0.142. The first-order chi connectivity index (χ1) is 12.7. The van der Waals surface area contributed by atoms with Crippen LogP contribution in [0.3, 0.4) is 0 Å². The van der Waals surface area contributed by atoms with E-state index in [1.165, 1.54) is 4.88 Å². The van der Waals surface area contributed by atoms with Crippen LogP contribution in [0.2, 0.25) is 0 Å². The highest BCUT2D eigenvalue weighted by Gasteiger charge is 2.23. The number of amides is 1. The van der Waals surface area contributed by atoms with Crippen molar-refractivity contribution in [2.75, 3.05) is 26.2 Å². The summed E-state index contributed by atoms with van der Waals surface area (Å²) in [6, 6.07) is 12.0. The van der Waals surface area contributed by atoms with Crippen LogP contribution in [-0.4, -0.2) is 46.9 Å². The summed E-state index contributed by atoms with van der Waals surface area (Å²) in [4.78, 5) is 23.1. The number of aromatic nitrogens is 1. The van der Waals surface area contributed by atoms with Crippen molar-refractivity contribution in [3.63, 3.8) is 0 Å². The van der Waals surface area contributed by atoms with E-state index in [2.05, 4.69) is 50.4 Å². The Morgan fingerprint density at radius 2 is 1.88 bits per heavy atom. The highest BCUT2D eigenvalue weighted by atomic mass is 127. The van der Waals surface area contributed by atoms with Crippen LogP contribution in [0, 0.1) is 3.57 Å². The van der Waals surface area contributed by atoms with Crippen LogP contribution < -0.4 is 0 Å². The van der Waals surface area contributed by atoms with Gasteiger partial charge in [0.1, 0.15) is 5.01 Å². The third-order valence-corrected chi connectivity index (χ3v) is 7.11. The Labute approximate surface area is 174 Å². The maximum Gasteiger partial charge on any atom is 0.255 e. The van der Waals surface area contributed by atoms with Crippen molar-refractivity contribution in [3.05, 3.63) is 61.3 Å². The highest BCUT2D eigenvalue weighted by molar-refractivity contribution is 14.1. The van der Waals surface area contributed by atoms with Crippen molar-refractivity contribution in [1.82, 2.24) is 14.8 Å². The van der Waals surface area contributed by atoms with Gasteiger partial charge in [0.2, 0.25) is 0 Å². The van der Waals surface area contributed by atoms with Crippen molar-refractivity contribution in [1.29, 1.82) is 0 Å². The molecular weight excluding hydrogens is 477 g/mol. The van der Waals surface area contributed by atoms with Gasteiger partial charge in [0, 0.05) is 35.1 Å². The van der Waals surface area contributed by atoms with Crippen LogP contribution in [0.1, 0.15) is 15.4 Å². The van der Waals surface area contributed by atoms with Crippen molar-refractivity contribution in [3.8, 4) is 10.6 Å². The first-order valence-corrected chi connectivity index (χ1v) is 11.3. The Bertz CT molecular complexity index is 886. The monoisotopic (exact) mass is 495 g/mol. The topological polar surface area (TPSA) is 36.4 Å². The van der Waals surface area contributed by atoms with Crippen molar-refractivity contribution >= 4 is 51.2 Å². The summed E-state index contributed by atoms with van der Waals surface area (Å²) in [5.74, 6) is 0.142. The van der Waals surface area contributed by atoms with E-state index < -0.39 is 0 Å². The Kier molecular flexibility index (Phi) is 5.68. The summed E-state index contributed by atoms with van der Waals surface area (Å²) in [6.07, 6.45) is 0. The van der Waals surface area contributed by atoms with Crippen LogP contribution >= 0.6 is 45.3 Å². The predicted octanol–water partition coefficient (Wildman–Crippen LogP) is 4.43. The molecule has 0 unspecified atom stereocenters. The molecule has 1 fully saturated rings. The molecule has 1 aliphatic rings. The zero-order valence-electron chi connectivity index (χ0n) is 14.1. The number of halogens is 1. The molecule has 1 aromatic carbocycles. The highest BCUT2D eigenvalue weighted by Crippen LogP contribution is 2.26. The van der Waals surface area contributed by atoms with E-state index in [0.29, 0.717) is 0 Å². The predicted molar refractivity (Wildman–Crippen MR) is 116 cm³/mol. The quantitative estimate of drug-likeness (QED) is 0.503. The Morgan fingerprint density at radius 3 is 2.62 bits per heavy atom. The van der Waals surface area contributed by atoms with Crippen molar-refractivity contribution < 1.29 is 4.79 Å². The number of hydrogen-bond acceptors (Lipinski definition) is 5. The number of rotatable bonds is 4. The van der Waals surface area contributed by atoms with Crippen LogP contribution in [0.4, 0.5) is 0 Å². The Balaban J connectivity index is 1.34. The second-order valence-electron chi connectivity index (χ2n) is 6.15. The van der Waals surface area contributed by atoms with E-state index in [-0.39, 0.29) is 5.91 Å². The van der Waals surface area contributed by atoms with Gasteiger partial charge in [-0.3, -0.25) is 9.69 Å². The van der Waals surface area contributed by atoms with E-state index >= 15 is 0 Å². The molecule has 0 N–H and O–H groups in total. The first kappa shape index (κ1) is 18.1. The molecule has 3 aromatic rings. The van der Waals surface area contributed by atoms with Crippen LogP contribution in [0.25, 0.3) is 10.6 Å². The number of piperazine rings is 1. The molecule has 3 heterocycles. The van der Waals surface area contributed by atoms with Gasteiger partial charge in [-0.15, -0.1) is 22.7 Å². The summed E-state index contributed by atoms with van der Waals surface area (Å²) in [7, 11) is 0. The molecule has 134 valence electrons. The van der Waals surface area contributed by atoms with Crippen LogP contribution in [-0.2, 0) is 6.54 Å². The van der Waals surface area contributed by atoms with Gasteiger partial charge in [-0.1, -0.05) is 18.2 Å². The van der Waals surface area contributed by atoms with E-state index in [1.807, 2.05) is 29.2 Å². The number of thiazole rings is 1. The van der Waals surface area contributed by atoms with Gasteiger partial charge in [-0.2, -0.15) is 0 Å². The minimum atomic E-state index is 0.142. The zero-order valence-corrected chi connectivity index (χ0v) is 17.9.